The van der Waals surface area contributed by atoms with Crippen LogP contribution in [0, 0.1) is 0 Å². The second-order valence-electron chi connectivity index (χ2n) is 6.46. The molecule has 2 aromatic rings. The number of hydrogen-bond acceptors (Lipinski definition) is 4. The number of ether oxygens (including phenoxy) is 1. The highest BCUT2D eigenvalue weighted by atomic mass is 35.5. The van der Waals surface area contributed by atoms with Crippen molar-refractivity contribution in [1.29, 1.82) is 0 Å². The smallest absolute Gasteiger partial charge is 0.143 e. The van der Waals surface area contributed by atoms with Crippen LogP contribution in [0.3, 0.4) is 0 Å². The minimum Gasteiger partial charge on any atom is -0.484 e. The van der Waals surface area contributed by atoms with E-state index in [4.69, 9.17) is 27.1 Å². The molecule has 2 N–H and O–H groups in total. The minimum absolute atomic E-state index is 0.0606. The summed E-state index contributed by atoms with van der Waals surface area (Å²) < 4.78 is 6.07. The maximum absolute atomic E-state index is 6.27. The van der Waals surface area contributed by atoms with Crippen LogP contribution < -0.4 is 10.5 Å². The molecule has 1 aromatic carbocycles. The molecule has 1 unspecified atom stereocenters. The number of nitrogens with two attached hydrogens (primary N) is 1. The van der Waals surface area contributed by atoms with Gasteiger partial charge in [-0.15, -0.1) is 11.3 Å². The Morgan fingerprint density at radius 2 is 2.14 bits per heavy atom. The quantitative estimate of drug-likeness (QED) is 0.833. The lowest BCUT2D eigenvalue weighted by molar-refractivity contribution is 0.157. The third-order valence-electron chi connectivity index (χ3n) is 3.60. The van der Waals surface area contributed by atoms with Gasteiger partial charge in [-0.1, -0.05) is 32.4 Å². The zero-order chi connectivity index (χ0) is 15.2. The van der Waals surface area contributed by atoms with Crippen molar-refractivity contribution in [2.45, 2.75) is 44.8 Å². The van der Waals surface area contributed by atoms with Crippen molar-refractivity contribution >= 4 is 22.9 Å². The molecule has 0 bridgehead atoms. The molecule has 21 heavy (non-hydrogen) atoms. The first-order chi connectivity index (χ1) is 9.84. The fraction of sp³-hybridized carbons (Fsp3) is 0.438. The second kappa shape index (κ2) is 5.27. The summed E-state index contributed by atoms with van der Waals surface area (Å²) in [6.07, 6.45) is 0.640. The van der Waals surface area contributed by atoms with Crippen molar-refractivity contribution < 1.29 is 4.74 Å². The van der Waals surface area contributed by atoms with Gasteiger partial charge in [-0.25, -0.2) is 4.98 Å². The van der Waals surface area contributed by atoms with Gasteiger partial charge in [0.25, 0.3) is 0 Å². The van der Waals surface area contributed by atoms with E-state index in [0.717, 1.165) is 28.4 Å². The first-order valence-electron chi connectivity index (χ1n) is 7.02. The molecule has 0 radical (unpaired) electrons. The molecular weight excluding hydrogens is 304 g/mol. The summed E-state index contributed by atoms with van der Waals surface area (Å²) in [4.78, 5) is 4.74. The number of thiazole rings is 1. The Morgan fingerprint density at radius 1 is 1.38 bits per heavy atom. The fourth-order valence-corrected chi connectivity index (χ4v) is 3.56. The molecule has 3 nitrogen and oxygen atoms in total. The van der Waals surface area contributed by atoms with Gasteiger partial charge in [0.2, 0.25) is 0 Å². The minimum atomic E-state index is -0.0824. The number of fused-ring (bicyclic) bond motifs is 1. The summed E-state index contributed by atoms with van der Waals surface area (Å²) in [5.41, 5.74) is 8.28. The van der Waals surface area contributed by atoms with E-state index in [0.29, 0.717) is 5.02 Å². The fourth-order valence-electron chi connectivity index (χ4n) is 2.44. The predicted molar refractivity (Wildman–Crippen MR) is 87.2 cm³/mol. The van der Waals surface area contributed by atoms with Gasteiger partial charge in [0.15, 0.2) is 0 Å². The normalized spacial score (nSPS) is 21.8. The van der Waals surface area contributed by atoms with Crippen LogP contribution in [0.25, 0.3) is 0 Å². The molecule has 5 heteroatoms. The highest BCUT2D eigenvalue weighted by Crippen LogP contribution is 2.41. The molecule has 0 fully saturated rings. The van der Waals surface area contributed by atoms with E-state index in [-0.39, 0.29) is 17.6 Å². The molecule has 0 aliphatic carbocycles. The molecule has 2 heterocycles. The molecule has 0 amide bonds. The number of hydrogen-bond donors (Lipinski definition) is 1. The number of halogens is 1. The van der Waals surface area contributed by atoms with Gasteiger partial charge in [-0.2, -0.15) is 0 Å². The molecule has 112 valence electrons. The monoisotopic (exact) mass is 322 g/mol. The molecule has 0 spiro atoms. The van der Waals surface area contributed by atoms with E-state index in [1.807, 2.05) is 18.2 Å². The Labute approximate surface area is 134 Å². The van der Waals surface area contributed by atoms with Gasteiger partial charge < -0.3 is 10.5 Å². The Balaban J connectivity index is 1.89. The molecule has 3 rings (SSSR count). The number of benzene rings is 1. The average Bonchev–Trinajstić information content (AvgIpc) is 2.89. The molecule has 1 aromatic heterocycles. The highest BCUT2D eigenvalue weighted by molar-refractivity contribution is 7.09. The zero-order valence-corrected chi connectivity index (χ0v) is 14.0. The van der Waals surface area contributed by atoms with Crippen LogP contribution in [0.2, 0.25) is 5.02 Å². The van der Waals surface area contributed by atoms with Gasteiger partial charge in [0.1, 0.15) is 11.9 Å². The number of rotatable bonds is 1. The average molecular weight is 323 g/mol. The van der Waals surface area contributed by atoms with E-state index < -0.39 is 0 Å². The third-order valence-corrected chi connectivity index (χ3v) is 5.12. The summed E-state index contributed by atoms with van der Waals surface area (Å²) in [7, 11) is 0. The Bertz CT molecular complexity index is 663. The van der Waals surface area contributed by atoms with Crippen LogP contribution in [0.1, 0.15) is 55.6 Å². The Kier molecular flexibility index (Phi) is 3.72. The van der Waals surface area contributed by atoms with Gasteiger partial charge >= 0.3 is 0 Å². The maximum atomic E-state index is 6.27. The lowest BCUT2D eigenvalue weighted by Crippen LogP contribution is -2.24. The molecule has 1 aliphatic rings. The van der Waals surface area contributed by atoms with E-state index >= 15 is 0 Å². The summed E-state index contributed by atoms with van der Waals surface area (Å²) in [5.74, 6) is 0.813. The second-order valence-corrected chi connectivity index (χ2v) is 7.75. The van der Waals surface area contributed by atoms with Crippen molar-refractivity contribution in [2.75, 3.05) is 0 Å². The molecule has 0 saturated heterocycles. The Hall–Kier alpha value is -1.10. The summed E-state index contributed by atoms with van der Waals surface area (Å²) in [6, 6.07) is 5.54. The Morgan fingerprint density at radius 3 is 2.81 bits per heavy atom. The van der Waals surface area contributed by atoms with Crippen LogP contribution in [-0.2, 0) is 5.41 Å². The van der Waals surface area contributed by atoms with Crippen LogP contribution >= 0.6 is 22.9 Å². The van der Waals surface area contributed by atoms with Crippen molar-refractivity contribution in [1.82, 2.24) is 4.98 Å². The van der Waals surface area contributed by atoms with Crippen LogP contribution in [-0.4, -0.2) is 4.98 Å². The summed E-state index contributed by atoms with van der Waals surface area (Å²) >= 11 is 7.71. The molecule has 0 saturated carbocycles. The summed E-state index contributed by atoms with van der Waals surface area (Å²) in [5, 5.41) is 3.89. The maximum Gasteiger partial charge on any atom is 0.143 e. The number of aromatic nitrogens is 1. The zero-order valence-electron chi connectivity index (χ0n) is 12.4. The topological polar surface area (TPSA) is 48.1 Å². The first-order valence-corrected chi connectivity index (χ1v) is 8.28. The van der Waals surface area contributed by atoms with Crippen molar-refractivity contribution in [3.8, 4) is 5.75 Å². The van der Waals surface area contributed by atoms with Crippen LogP contribution in [0.4, 0.5) is 0 Å². The van der Waals surface area contributed by atoms with E-state index in [1.54, 1.807) is 11.3 Å². The van der Waals surface area contributed by atoms with Gasteiger partial charge in [0.05, 0.1) is 10.7 Å². The lowest BCUT2D eigenvalue weighted by atomic mass is 9.95. The van der Waals surface area contributed by atoms with Crippen molar-refractivity contribution in [3.05, 3.63) is 44.9 Å². The highest BCUT2D eigenvalue weighted by Gasteiger charge is 2.30. The molecule has 1 aliphatic heterocycles. The molecule has 2 atom stereocenters. The van der Waals surface area contributed by atoms with E-state index in [1.165, 1.54) is 0 Å². The summed E-state index contributed by atoms with van der Waals surface area (Å²) in [6.45, 7) is 6.50. The van der Waals surface area contributed by atoms with Gasteiger partial charge in [0, 0.05) is 33.8 Å². The lowest BCUT2D eigenvalue weighted by Gasteiger charge is -2.29. The first kappa shape index (κ1) is 14.8. The SMILES string of the molecule is CC(C)(C)c1nc(C2C[C@H](N)c3cc(Cl)ccc3O2)cs1. The predicted octanol–water partition coefficient (Wildman–Crippen LogP) is 4.62. The van der Waals surface area contributed by atoms with Crippen molar-refractivity contribution in [3.63, 3.8) is 0 Å². The number of nitrogens with zero attached hydrogens (tertiary/aromatic N) is 1. The van der Waals surface area contributed by atoms with Crippen LogP contribution in [0.15, 0.2) is 23.6 Å². The van der Waals surface area contributed by atoms with E-state index in [9.17, 15) is 0 Å². The van der Waals surface area contributed by atoms with E-state index in [2.05, 4.69) is 26.2 Å². The van der Waals surface area contributed by atoms with Gasteiger partial charge in [-0.05, 0) is 18.2 Å². The largest absolute Gasteiger partial charge is 0.484 e. The third kappa shape index (κ3) is 2.93. The standard InChI is InChI=1S/C16H19ClN2OS/c1-16(2,3)15-19-12(8-21-15)14-7-11(18)10-6-9(17)4-5-13(10)20-14/h4-6,8,11,14H,7,18H2,1-3H3/t11-,14?/m0/s1. The molecular formula is C16H19ClN2OS. The van der Waals surface area contributed by atoms with Crippen molar-refractivity contribution in [2.24, 2.45) is 5.73 Å². The van der Waals surface area contributed by atoms with Crippen LogP contribution in [0.5, 0.6) is 5.75 Å². The van der Waals surface area contributed by atoms with Gasteiger partial charge in [-0.3, -0.25) is 0 Å².